The van der Waals surface area contributed by atoms with Crippen LogP contribution in [0.5, 0.6) is 0 Å². The fourth-order valence-corrected chi connectivity index (χ4v) is 1.78. The van der Waals surface area contributed by atoms with E-state index in [-0.39, 0.29) is 12.2 Å². The first-order valence-corrected chi connectivity index (χ1v) is 6.27. The first-order chi connectivity index (χ1) is 9.47. The Kier molecular flexibility index (Phi) is 6.05. The Balaban J connectivity index is 2.78. The molecule has 6 nitrogen and oxygen atoms in total. The Bertz CT molecular complexity index is 493. The zero-order valence-corrected chi connectivity index (χ0v) is 11.2. The van der Waals surface area contributed by atoms with E-state index in [9.17, 15) is 19.3 Å². The SMILES string of the molecule is CN(CCCCCO)C(=O)c1ccc(F)cc1[N+](=O)[O-]. The molecule has 0 radical (unpaired) electrons. The minimum atomic E-state index is -0.768. The number of nitro groups is 1. The van der Waals surface area contributed by atoms with Crippen LogP contribution in [-0.4, -0.2) is 41.0 Å². The summed E-state index contributed by atoms with van der Waals surface area (Å²) in [6, 6.07) is 2.90. The fraction of sp³-hybridized carbons (Fsp3) is 0.462. The third-order valence-electron chi connectivity index (χ3n) is 2.89. The molecule has 0 saturated carbocycles. The van der Waals surface area contributed by atoms with Crippen molar-refractivity contribution >= 4 is 11.6 Å². The van der Waals surface area contributed by atoms with Gasteiger partial charge in [0.2, 0.25) is 0 Å². The van der Waals surface area contributed by atoms with E-state index in [1.54, 1.807) is 0 Å². The molecule has 7 heteroatoms. The molecule has 0 aliphatic rings. The van der Waals surface area contributed by atoms with Crippen LogP contribution in [0.25, 0.3) is 0 Å². The summed E-state index contributed by atoms with van der Waals surface area (Å²) >= 11 is 0. The largest absolute Gasteiger partial charge is 0.396 e. The van der Waals surface area contributed by atoms with Gasteiger partial charge in [-0.25, -0.2) is 4.39 Å². The highest BCUT2D eigenvalue weighted by Gasteiger charge is 2.23. The summed E-state index contributed by atoms with van der Waals surface area (Å²) in [5.74, 6) is -1.26. The molecule has 110 valence electrons. The van der Waals surface area contributed by atoms with Crippen molar-refractivity contribution in [3.8, 4) is 0 Å². The number of hydrogen-bond donors (Lipinski definition) is 1. The van der Waals surface area contributed by atoms with Crippen molar-refractivity contribution in [2.45, 2.75) is 19.3 Å². The molecule has 1 aromatic carbocycles. The molecule has 1 aromatic rings. The number of nitro benzene ring substituents is 1. The van der Waals surface area contributed by atoms with Gasteiger partial charge in [0.1, 0.15) is 11.4 Å². The van der Waals surface area contributed by atoms with E-state index >= 15 is 0 Å². The molecule has 0 saturated heterocycles. The molecule has 0 atom stereocenters. The fourth-order valence-electron chi connectivity index (χ4n) is 1.78. The molecule has 0 heterocycles. The maximum absolute atomic E-state index is 13.0. The second-order valence-corrected chi connectivity index (χ2v) is 4.43. The van der Waals surface area contributed by atoms with Crippen molar-refractivity contribution in [2.24, 2.45) is 0 Å². The molecule has 0 fully saturated rings. The van der Waals surface area contributed by atoms with Crippen molar-refractivity contribution in [1.82, 2.24) is 4.90 Å². The summed E-state index contributed by atoms with van der Waals surface area (Å²) < 4.78 is 13.0. The van der Waals surface area contributed by atoms with Crippen molar-refractivity contribution in [3.63, 3.8) is 0 Å². The molecule has 0 aromatic heterocycles. The Hall–Kier alpha value is -2.02. The molecule has 1 amide bonds. The van der Waals surface area contributed by atoms with Crippen molar-refractivity contribution < 1.29 is 19.2 Å². The Labute approximate surface area is 116 Å². The highest BCUT2D eigenvalue weighted by Crippen LogP contribution is 2.21. The lowest BCUT2D eigenvalue weighted by atomic mass is 10.1. The van der Waals surface area contributed by atoms with Gasteiger partial charge < -0.3 is 10.0 Å². The summed E-state index contributed by atoms with van der Waals surface area (Å²) in [6.07, 6.45) is 2.11. The number of nitrogens with zero attached hydrogens (tertiary/aromatic N) is 2. The van der Waals surface area contributed by atoms with Gasteiger partial charge in [-0.15, -0.1) is 0 Å². The summed E-state index contributed by atoms with van der Waals surface area (Å²) in [5, 5.41) is 19.5. The molecule has 0 aliphatic carbocycles. The van der Waals surface area contributed by atoms with E-state index in [0.717, 1.165) is 24.6 Å². The standard InChI is InChI=1S/C13H17FN2O4/c1-15(7-3-2-4-8-17)13(18)11-6-5-10(14)9-12(11)16(19)20/h5-6,9,17H,2-4,7-8H2,1H3. The van der Waals surface area contributed by atoms with Gasteiger partial charge in [0.25, 0.3) is 11.6 Å². The minimum Gasteiger partial charge on any atom is -0.396 e. The number of aliphatic hydroxyl groups is 1. The zero-order chi connectivity index (χ0) is 15.1. The van der Waals surface area contributed by atoms with E-state index in [1.807, 2.05) is 0 Å². The average Bonchev–Trinajstić information content (AvgIpc) is 2.42. The summed E-state index contributed by atoms with van der Waals surface area (Å²) in [5.41, 5.74) is -0.654. The molecule has 20 heavy (non-hydrogen) atoms. The van der Waals surface area contributed by atoms with Gasteiger partial charge in [-0.05, 0) is 31.4 Å². The Morgan fingerprint density at radius 3 is 2.70 bits per heavy atom. The van der Waals surface area contributed by atoms with Crippen LogP contribution >= 0.6 is 0 Å². The van der Waals surface area contributed by atoms with E-state index in [1.165, 1.54) is 11.9 Å². The van der Waals surface area contributed by atoms with Crippen LogP contribution in [0.2, 0.25) is 0 Å². The number of halogens is 1. The normalized spacial score (nSPS) is 10.3. The first-order valence-electron chi connectivity index (χ1n) is 6.27. The highest BCUT2D eigenvalue weighted by atomic mass is 19.1. The smallest absolute Gasteiger partial charge is 0.285 e. The van der Waals surface area contributed by atoms with Crippen molar-refractivity contribution in [3.05, 3.63) is 39.7 Å². The maximum atomic E-state index is 13.0. The van der Waals surface area contributed by atoms with Gasteiger partial charge in [0, 0.05) is 20.2 Å². The van der Waals surface area contributed by atoms with Gasteiger partial charge in [0.05, 0.1) is 11.0 Å². The Morgan fingerprint density at radius 1 is 1.40 bits per heavy atom. The van der Waals surface area contributed by atoms with Crippen LogP contribution < -0.4 is 0 Å². The molecule has 0 spiro atoms. The number of unbranched alkanes of at least 4 members (excludes halogenated alkanes) is 2. The molecular weight excluding hydrogens is 267 g/mol. The molecule has 1 rings (SSSR count). The highest BCUT2D eigenvalue weighted by molar-refractivity contribution is 5.97. The van der Waals surface area contributed by atoms with Crippen molar-refractivity contribution in [2.75, 3.05) is 20.2 Å². The topological polar surface area (TPSA) is 83.7 Å². The van der Waals surface area contributed by atoms with E-state index in [2.05, 4.69) is 0 Å². The van der Waals surface area contributed by atoms with Crippen molar-refractivity contribution in [1.29, 1.82) is 0 Å². The van der Waals surface area contributed by atoms with Crippen LogP contribution in [0.3, 0.4) is 0 Å². The number of rotatable bonds is 7. The zero-order valence-electron chi connectivity index (χ0n) is 11.2. The number of carbonyl (C=O) groups is 1. The second kappa shape index (κ2) is 7.54. The first kappa shape index (κ1) is 16.0. The predicted octanol–water partition coefficient (Wildman–Crippen LogP) is 1.97. The summed E-state index contributed by atoms with van der Waals surface area (Å²) in [6.45, 7) is 0.522. The number of benzene rings is 1. The van der Waals surface area contributed by atoms with Crippen LogP contribution in [0.15, 0.2) is 18.2 Å². The lowest BCUT2D eigenvalue weighted by Gasteiger charge is -2.17. The van der Waals surface area contributed by atoms with E-state index in [0.29, 0.717) is 19.4 Å². The van der Waals surface area contributed by atoms with Gasteiger partial charge in [-0.3, -0.25) is 14.9 Å². The lowest BCUT2D eigenvalue weighted by Crippen LogP contribution is -2.28. The van der Waals surface area contributed by atoms with Crippen LogP contribution in [0.1, 0.15) is 29.6 Å². The number of hydrogen-bond acceptors (Lipinski definition) is 4. The average molecular weight is 284 g/mol. The molecule has 0 bridgehead atoms. The monoisotopic (exact) mass is 284 g/mol. The number of amides is 1. The number of aliphatic hydroxyl groups excluding tert-OH is 1. The van der Waals surface area contributed by atoms with Gasteiger partial charge in [-0.1, -0.05) is 0 Å². The van der Waals surface area contributed by atoms with E-state index < -0.39 is 22.3 Å². The quantitative estimate of drug-likeness (QED) is 0.471. The lowest BCUT2D eigenvalue weighted by molar-refractivity contribution is -0.385. The predicted molar refractivity (Wildman–Crippen MR) is 71.0 cm³/mol. The second-order valence-electron chi connectivity index (χ2n) is 4.43. The van der Waals surface area contributed by atoms with Gasteiger partial charge >= 0.3 is 0 Å². The Morgan fingerprint density at radius 2 is 2.10 bits per heavy atom. The van der Waals surface area contributed by atoms with Crippen LogP contribution in [0.4, 0.5) is 10.1 Å². The third-order valence-corrected chi connectivity index (χ3v) is 2.89. The third kappa shape index (κ3) is 4.27. The van der Waals surface area contributed by atoms with E-state index in [4.69, 9.17) is 5.11 Å². The summed E-state index contributed by atoms with van der Waals surface area (Å²) in [4.78, 5) is 23.5. The minimum absolute atomic E-state index is 0.0983. The summed E-state index contributed by atoms with van der Waals surface area (Å²) in [7, 11) is 1.54. The maximum Gasteiger partial charge on any atom is 0.285 e. The van der Waals surface area contributed by atoms with Crippen LogP contribution in [-0.2, 0) is 0 Å². The molecule has 1 N–H and O–H groups in total. The molecule has 0 unspecified atom stereocenters. The molecule has 0 aliphatic heterocycles. The van der Waals surface area contributed by atoms with Gasteiger partial charge in [0.15, 0.2) is 0 Å². The molecular formula is C13H17FN2O4. The van der Waals surface area contributed by atoms with Gasteiger partial charge in [-0.2, -0.15) is 0 Å². The number of carbonyl (C=O) groups excluding carboxylic acids is 1. The van der Waals surface area contributed by atoms with Crippen LogP contribution in [0, 0.1) is 15.9 Å².